The number of imide groups is 1. The van der Waals surface area contributed by atoms with Crippen molar-refractivity contribution in [1.82, 2.24) is 33.3 Å². The maximum absolute atomic E-state index is 11.9. The fourth-order valence-electron chi connectivity index (χ4n) is 4.44. The van der Waals surface area contributed by atoms with E-state index in [1.807, 2.05) is 51.8 Å². The zero-order valence-corrected chi connectivity index (χ0v) is 21.3. The van der Waals surface area contributed by atoms with E-state index in [9.17, 15) is 9.59 Å². The third kappa shape index (κ3) is 5.52. The maximum atomic E-state index is 11.9. The van der Waals surface area contributed by atoms with Crippen molar-refractivity contribution >= 4 is 18.9 Å². The number of carbonyl (C=O) groups is 2. The van der Waals surface area contributed by atoms with Crippen LogP contribution in [0.1, 0.15) is 6.92 Å². The molecule has 182 valence electrons. The van der Waals surface area contributed by atoms with Crippen molar-refractivity contribution < 1.29 is 44.7 Å². The first kappa shape index (κ1) is 29.2. The van der Waals surface area contributed by atoms with Gasteiger partial charge in [0.15, 0.2) is 0 Å². The van der Waals surface area contributed by atoms with Crippen molar-refractivity contribution in [2.45, 2.75) is 19.1 Å². The van der Waals surface area contributed by atoms with Gasteiger partial charge in [0.2, 0.25) is 18.9 Å². The summed E-state index contributed by atoms with van der Waals surface area (Å²) in [5, 5.41) is 0. The fraction of sp³-hybridized carbons (Fsp3) is 0.273. The Bertz CT molecular complexity index is 1050. The Balaban J connectivity index is 0.000000218. The number of ether oxygens (including phenoxy) is 1. The normalized spacial score (nSPS) is 23.8. The summed E-state index contributed by atoms with van der Waals surface area (Å²) in [7, 11) is 1.50. The molecule has 3 aromatic rings. The molecule has 0 unspecified atom stereocenters. The van der Waals surface area contributed by atoms with Crippen LogP contribution in [-0.2, 0) is 44.7 Å². The monoisotopic (exact) mass is 572 g/mol. The number of fused-ring (bicyclic) bond motifs is 5. The molecule has 3 aliphatic rings. The third-order valence-electron chi connectivity index (χ3n) is 5.97. The van der Waals surface area contributed by atoms with Crippen LogP contribution in [0.5, 0.6) is 0 Å². The Morgan fingerprint density at radius 3 is 1.72 bits per heavy atom. The number of amides is 2. The molecule has 2 amide bonds. The van der Waals surface area contributed by atoms with E-state index in [-0.39, 0.29) is 64.0 Å². The van der Waals surface area contributed by atoms with E-state index in [4.69, 9.17) is 14.0 Å². The number of likely N-dealkylation sites (tertiary alicyclic amines) is 1. The first-order valence-corrected chi connectivity index (χ1v) is 10.4. The van der Waals surface area contributed by atoms with Gasteiger partial charge in [-0.2, -0.15) is 0 Å². The number of carbonyl (C=O) groups excluding carboxylic acids is 2. The molecule has 0 N–H and O–H groups in total. The van der Waals surface area contributed by atoms with Gasteiger partial charge in [-0.3, -0.25) is 14.5 Å². The summed E-state index contributed by atoms with van der Waals surface area (Å²) in [4.78, 5) is 37.1. The van der Waals surface area contributed by atoms with E-state index in [1.54, 1.807) is 44.6 Å². The fourth-order valence-corrected chi connectivity index (χ4v) is 4.44. The van der Waals surface area contributed by atoms with E-state index in [1.165, 1.54) is 4.90 Å². The van der Waals surface area contributed by atoms with Gasteiger partial charge in [0.1, 0.15) is 0 Å². The first-order valence-electron chi connectivity index (χ1n) is 10.4. The number of rotatable bonds is 3. The molecule has 4 atom stereocenters. The van der Waals surface area contributed by atoms with Gasteiger partial charge in [-0.05, 0) is 31.4 Å². The average Bonchev–Trinajstić information content (AvgIpc) is 3.72. The smallest absolute Gasteiger partial charge is 0.498 e. The maximum Gasteiger partial charge on any atom is 2.00 e. The zero-order valence-electron chi connectivity index (χ0n) is 19.3. The van der Waals surface area contributed by atoms with Crippen LogP contribution in [0.15, 0.2) is 56.2 Å². The third-order valence-corrected chi connectivity index (χ3v) is 5.97. The van der Waals surface area contributed by atoms with Gasteiger partial charge in [-0.15, -0.1) is 0 Å². The summed E-state index contributed by atoms with van der Waals surface area (Å²) in [6, 6.07) is 0. The molecule has 3 fully saturated rings. The van der Waals surface area contributed by atoms with Crippen LogP contribution in [0.25, 0.3) is 0 Å². The van der Waals surface area contributed by atoms with Gasteiger partial charge in [0.25, 0.3) is 0 Å². The van der Waals surface area contributed by atoms with Crippen LogP contribution in [0.4, 0.5) is 0 Å². The molecule has 0 aromatic carbocycles. The molecule has 3 saturated heterocycles. The Morgan fingerprint density at radius 2 is 1.31 bits per heavy atom. The summed E-state index contributed by atoms with van der Waals surface area (Å²) in [5.74, 6) is 0.260. The molecule has 6 heterocycles. The first-order chi connectivity index (χ1) is 17.1. The Kier molecular flexibility index (Phi) is 10.8. The number of hydrogen-bond acceptors (Lipinski definition) is 6. The summed E-state index contributed by atoms with van der Waals surface area (Å²) >= 11 is 0. The van der Waals surface area contributed by atoms with Crippen molar-refractivity contribution in [3.8, 4) is 0 Å². The molecule has 2 bridgehead atoms. The average molecular weight is 570 g/mol. The minimum atomic E-state index is -0.291. The molecule has 0 spiro atoms. The van der Waals surface area contributed by atoms with Crippen LogP contribution in [-0.4, -0.2) is 71.5 Å². The van der Waals surface area contributed by atoms with Crippen LogP contribution in [0.2, 0.25) is 0 Å². The summed E-state index contributed by atoms with van der Waals surface area (Å²) in [6.45, 7) is 10.9. The molecule has 4 radical (unpaired) electrons. The molecule has 6 rings (SSSR count). The van der Waals surface area contributed by atoms with Gasteiger partial charge >= 0.3 is 43.7 Å². The Morgan fingerprint density at radius 1 is 0.861 bits per heavy atom. The number of nitrogens with zero attached hydrogens (tertiary/aromatic N) is 7. The summed E-state index contributed by atoms with van der Waals surface area (Å²) < 4.78 is 26.6. The largest absolute Gasteiger partial charge is 2.00 e. The van der Waals surface area contributed by atoms with E-state index in [0.29, 0.717) is 0 Å². The molecule has 12 nitrogen and oxygen atoms in total. The predicted octanol–water partition coefficient (Wildman–Crippen LogP) is 0.130. The SMILES string of the molecule is C[C]1[CH][CH][C@@H]2O[C@H]1[C@H]1C(=O)N(C)C(=O)[C@H]12.[C-]#[O+].[C-]#[O+].[Mo+2].c1cn([B-](n2ccnc2)n2ccnc2)cn1. The number of imidazole rings is 3. The zero-order chi connectivity index (χ0) is 25.5. The minimum absolute atomic E-state index is 0. The van der Waals surface area contributed by atoms with E-state index < -0.39 is 0 Å². The van der Waals surface area contributed by atoms with E-state index in [0.717, 1.165) is 5.92 Å². The molecule has 0 aliphatic carbocycles. The van der Waals surface area contributed by atoms with E-state index in [2.05, 4.69) is 28.3 Å². The van der Waals surface area contributed by atoms with Crippen LogP contribution < -0.4 is 0 Å². The molecular formula is C22H21BMoN7O5+. The van der Waals surface area contributed by atoms with Gasteiger partial charge in [-0.25, -0.2) is 15.0 Å². The van der Waals surface area contributed by atoms with Crippen molar-refractivity contribution in [3.05, 3.63) is 88.2 Å². The molecule has 14 heteroatoms. The standard InChI is InChI=1S/C11H12NO3.C9H9BN6.2CO.Mo/c1-5-3-4-6-7-8(9(5)15-6)11(14)12(2)10(7)13;1-4-14(7-11-1)10(15-5-2-12-8-15)16-6-3-13-9-16;2*1-2;/h3-4,6-9H,1-2H3;1-9H;;;/q;-1;;;+2/t6-,7-,8-,9+;;;;/m0..../s1. The molecule has 36 heavy (non-hydrogen) atoms. The van der Waals surface area contributed by atoms with Gasteiger partial charge < -0.3 is 18.2 Å². The minimum Gasteiger partial charge on any atom is -0.498 e. The Hall–Kier alpha value is -3.04. The Labute approximate surface area is 222 Å². The second-order valence-electron chi connectivity index (χ2n) is 7.79. The van der Waals surface area contributed by atoms with E-state index >= 15 is 0 Å². The number of aromatic nitrogens is 6. The van der Waals surface area contributed by atoms with Gasteiger partial charge in [0, 0.05) is 31.6 Å². The van der Waals surface area contributed by atoms with Crippen molar-refractivity contribution in [2.75, 3.05) is 7.05 Å². The molecule has 3 aromatic heterocycles. The molecular weight excluding hydrogens is 549 g/mol. The predicted molar refractivity (Wildman–Crippen MR) is 117 cm³/mol. The molecule has 0 saturated carbocycles. The van der Waals surface area contributed by atoms with Crippen LogP contribution in [0, 0.1) is 43.9 Å². The summed E-state index contributed by atoms with van der Waals surface area (Å²) in [5.41, 5.74) is 0. The van der Waals surface area contributed by atoms with Crippen molar-refractivity contribution in [1.29, 1.82) is 0 Å². The quantitative estimate of drug-likeness (QED) is 0.190. The van der Waals surface area contributed by atoms with Crippen molar-refractivity contribution in [3.63, 3.8) is 0 Å². The number of hydrogen-bond donors (Lipinski definition) is 0. The van der Waals surface area contributed by atoms with Crippen LogP contribution >= 0.6 is 0 Å². The second-order valence-corrected chi connectivity index (χ2v) is 7.79. The van der Waals surface area contributed by atoms with Crippen molar-refractivity contribution in [2.24, 2.45) is 11.8 Å². The topological polar surface area (TPSA) is 140 Å². The second kappa shape index (κ2) is 13.3. The summed E-state index contributed by atoms with van der Waals surface area (Å²) in [6.07, 6.45) is 19.7. The van der Waals surface area contributed by atoms with Gasteiger partial charge in [-0.1, -0.05) is 6.92 Å². The van der Waals surface area contributed by atoms with Gasteiger partial charge in [0.05, 0.1) is 43.0 Å². The molecule has 3 aliphatic heterocycles. The van der Waals surface area contributed by atoms with Crippen LogP contribution in [0.3, 0.4) is 0 Å².